The van der Waals surface area contributed by atoms with Crippen LogP contribution in [-0.4, -0.2) is 69.8 Å². The van der Waals surface area contributed by atoms with Gasteiger partial charge in [0.05, 0.1) is 17.4 Å². The van der Waals surface area contributed by atoms with Crippen LogP contribution in [0.4, 0.5) is 5.13 Å². The molecule has 2 aromatic rings. The van der Waals surface area contributed by atoms with Gasteiger partial charge in [-0.3, -0.25) is 4.79 Å². The van der Waals surface area contributed by atoms with Gasteiger partial charge in [0.25, 0.3) is 5.91 Å². The third-order valence-electron chi connectivity index (χ3n) is 4.37. The monoisotopic (exact) mass is 413 g/mol. The van der Waals surface area contributed by atoms with Gasteiger partial charge in [0.15, 0.2) is 16.1 Å². The normalized spacial score (nSPS) is 14.3. The molecule has 0 unspecified atom stereocenters. The van der Waals surface area contributed by atoms with E-state index in [1.54, 1.807) is 11.8 Å². The number of aromatic carboxylic acids is 1. The van der Waals surface area contributed by atoms with E-state index in [1.807, 2.05) is 11.8 Å². The predicted molar refractivity (Wildman–Crippen MR) is 101 cm³/mol. The minimum absolute atomic E-state index is 0.0936. The van der Waals surface area contributed by atoms with Crippen molar-refractivity contribution in [1.29, 1.82) is 0 Å². The summed E-state index contributed by atoms with van der Waals surface area (Å²) in [6.07, 6.45) is 0.649. The second-order valence-corrected chi connectivity index (χ2v) is 7.51. The minimum Gasteiger partial charge on any atom is -0.477 e. The number of carboxylic acid groups (broad SMARTS) is 1. The van der Waals surface area contributed by atoms with Crippen LogP contribution >= 0.6 is 22.9 Å². The lowest BCUT2D eigenvalue weighted by atomic mass is 10.1. The molecule has 9 nitrogen and oxygen atoms in total. The van der Waals surface area contributed by atoms with E-state index in [-0.39, 0.29) is 29.4 Å². The van der Waals surface area contributed by atoms with Crippen LogP contribution in [0.5, 0.6) is 0 Å². The number of carboxylic acids is 1. The third kappa shape index (κ3) is 3.78. The van der Waals surface area contributed by atoms with Gasteiger partial charge in [-0.15, -0.1) is 0 Å². The number of methoxy groups -OCH3 is 1. The van der Waals surface area contributed by atoms with Crippen molar-refractivity contribution in [2.45, 2.75) is 26.3 Å². The maximum Gasteiger partial charge on any atom is 0.347 e. The average Bonchev–Trinajstić information content (AvgIpc) is 3.15. The molecule has 3 rings (SSSR count). The number of rotatable bonds is 7. The summed E-state index contributed by atoms with van der Waals surface area (Å²) < 4.78 is 5.18. The highest BCUT2D eigenvalue weighted by molar-refractivity contribution is 7.17. The van der Waals surface area contributed by atoms with Crippen molar-refractivity contribution in [3.05, 3.63) is 27.2 Å². The number of aromatic amines is 1. The second kappa shape index (κ2) is 7.83. The number of aryl methyl sites for hydroxylation is 2. The van der Waals surface area contributed by atoms with E-state index in [0.29, 0.717) is 41.2 Å². The SMILES string of the molecule is CCc1[nH]c(C(=O)N(COC)C2CN(c3nc(C)c(C(=O)O)s3)C2)nc1Cl. The molecule has 0 bridgehead atoms. The molecule has 1 aliphatic heterocycles. The number of hydrogen-bond donors (Lipinski definition) is 2. The largest absolute Gasteiger partial charge is 0.477 e. The zero-order chi connectivity index (χ0) is 19.7. The molecule has 146 valence electrons. The highest BCUT2D eigenvalue weighted by atomic mass is 35.5. The van der Waals surface area contributed by atoms with Gasteiger partial charge in [-0.25, -0.2) is 14.8 Å². The molecule has 0 aromatic carbocycles. The number of halogens is 1. The molecule has 0 saturated carbocycles. The summed E-state index contributed by atoms with van der Waals surface area (Å²) in [6.45, 7) is 4.79. The zero-order valence-electron chi connectivity index (χ0n) is 15.2. The van der Waals surface area contributed by atoms with Crippen molar-refractivity contribution in [3.8, 4) is 0 Å². The fourth-order valence-electron chi connectivity index (χ4n) is 2.85. The summed E-state index contributed by atoms with van der Waals surface area (Å²) in [4.78, 5) is 39.2. The van der Waals surface area contributed by atoms with Gasteiger partial charge in [-0.05, 0) is 13.3 Å². The van der Waals surface area contributed by atoms with Crippen molar-refractivity contribution < 1.29 is 19.4 Å². The number of amides is 1. The van der Waals surface area contributed by atoms with Gasteiger partial charge >= 0.3 is 5.97 Å². The molecule has 0 radical (unpaired) electrons. The first-order chi connectivity index (χ1) is 12.8. The molecule has 27 heavy (non-hydrogen) atoms. The van der Waals surface area contributed by atoms with Gasteiger partial charge < -0.3 is 24.6 Å². The van der Waals surface area contributed by atoms with E-state index in [4.69, 9.17) is 21.4 Å². The van der Waals surface area contributed by atoms with E-state index in [9.17, 15) is 9.59 Å². The van der Waals surface area contributed by atoms with Crippen molar-refractivity contribution in [2.75, 3.05) is 31.8 Å². The number of carbonyl (C=O) groups is 2. The molecule has 3 heterocycles. The molecule has 1 aliphatic rings. The first-order valence-electron chi connectivity index (χ1n) is 8.35. The van der Waals surface area contributed by atoms with Gasteiger partial charge in [0, 0.05) is 20.2 Å². The van der Waals surface area contributed by atoms with Gasteiger partial charge in [-0.2, -0.15) is 0 Å². The summed E-state index contributed by atoms with van der Waals surface area (Å²) in [7, 11) is 1.52. The van der Waals surface area contributed by atoms with Crippen molar-refractivity contribution >= 4 is 39.9 Å². The smallest absolute Gasteiger partial charge is 0.347 e. The summed E-state index contributed by atoms with van der Waals surface area (Å²) in [5, 5.41) is 10.1. The predicted octanol–water partition coefficient (Wildman–Crippen LogP) is 2.02. The lowest BCUT2D eigenvalue weighted by molar-refractivity contribution is 0.0196. The number of hydrogen-bond acceptors (Lipinski definition) is 7. The van der Waals surface area contributed by atoms with Crippen molar-refractivity contribution in [2.24, 2.45) is 0 Å². The summed E-state index contributed by atoms with van der Waals surface area (Å²) >= 11 is 7.17. The van der Waals surface area contributed by atoms with Crippen LogP contribution in [0.2, 0.25) is 5.15 Å². The number of ether oxygens (including phenoxy) is 1. The molecule has 11 heteroatoms. The standard InChI is InChI=1S/C16H20ClN5O4S/c1-4-10-12(17)20-13(19-10)14(23)22(7-26-3)9-5-21(6-9)16-18-8(2)11(27-16)15(24)25/h9H,4-7H2,1-3H3,(H,19,20)(H,24,25). The van der Waals surface area contributed by atoms with Gasteiger partial charge in [0.2, 0.25) is 0 Å². The number of aromatic nitrogens is 3. The number of nitrogens with zero attached hydrogens (tertiary/aromatic N) is 4. The summed E-state index contributed by atoms with van der Waals surface area (Å²) in [5.74, 6) is -1.08. The Bertz CT molecular complexity index is 861. The Morgan fingerprint density at radius 1 is 1.44 bits per heavy atom. The topological polar surface area (TPSA) is 112 Å². The Morgan fingerprint density at radius 2 is 2.15 bits per heavy atom. The molecular formula is C16H20ClN5O4S. The molecule has 0 aliphatic carbocycles. The van der Waals surface area contributed by atoms with Crippen LogP contribution in [0.1, 0.15) is 38.6 Å². The molecule has 1 saturated heterocycles. The Hall–Kier alpha value is -2.17. The van der Waals surface area contributed by atoms with E-state index in [0.717, 1.165) is 11.3 Å². The van der Waals surface area contributed by atoms with Crippen LogP contribution in [0.15, 0.2) is 0 Å². The van der Waals surface area contributed by atoms with Crippen LogP contribution in [0, 0.1) is 6.92 Å². The van der Waals surface area contributed by atoms with Gasteiger partial charge in [-0.1, -0.05) is 29.9 Å². The molecule has 0 spiro atoms. The number of thiazole rings is 1. The Kier molecular flexibility index (Phi) is 5.68. The van der Waals surface area contributed by atoms with E-state index < -0.39 is 5.97 Å². The number of imidazole rings is 1. The van der Waals surface area contributed by atoms with Crippen LogP contribution in [-0.2, 0) is 11.2 Å². The average molecular weight is 414 g/mol. The summed E-state index contributed by atoms with van der Waals surface area (Å²) in [5.41, 5.74) is 1.21. The third-order valence-corrected chi connectivity index (χ3v) is 5.89. The number of carbonyl (C=O) groups excluding carboxylic acids is 1. The molecule has 2 N–H and O–H groups in total. The Labute approximate surface area is 164 Å². The molecule has 0 atom stereocenters. The number of H-pyrrole nitrogens is 1. The fourth-order valence-corrected chi connectivity index (χ4v) is 4.04. The lowest BCUT2D eigenvalue weighted by Crippen LogP contribution is -2.61. The molecule has 1 fully saturated rings. The highest BCUT2D eigenvalue weighted by Gasteiger charge is 2.37. The van der Waals surface area contributed by atoms with Crippen LogP contribution in [0.25, 0.3) is 0 Å². The minimum atomic E-state index is -0.981. The fraction of sp³-hybridized carbons (Fsp3) is 0.500. The maximum atomic E-state index is 12.8. The van der Waals surface area contributed by atoms with E-state index in [1.165, 1.54) is 7.11 Å². The lowest BCUT2D eigenvalue weighted by Gasteiger charge is -2.44. The van der Waals surface area contributed by atoms with Gasteiger partial charge in [0.1, 0.15) is 11.6 Å². The van der Waals surface area contributed by atoms with Crippen LogP contribution in [0.3, 0.4) is 0 Å². The number of anilines is 1. The highest BCUT2D eigenvalue weighted by Crippen LogP contribution is 2.31. The van der Waals surface area contributed by atoms with Crippen LogP contribution < -0.4 is 4.90 Å². The van der Waals surface area contributed by atoms with Crippen molar-refractivity contribution in [1.82, 2.24) is 19.9 Å². The maximum absolute atomic E-state index is 12.8. The molecular weight excluding hydrogens is 394 g/mol. The Morgan fingerprint density at radius 3 is 2.67 bits per heavy atom. The quantitative estimate of drug-likeness (QED) is 0.668. The zero-order valence-corrected chi connectivity index (χ0v) is 16.7. The first-order valence-corrected chi connectivity index (χ1v) is 9.55. The molecule has 1 amide bonds. The van der Waals surface area contributed by atoms with E-state index in [2.05, 4.69) is 15.0 Å². The number of nitrogens with one attached hydrogen (secondary N) is 1. The first kappa shape index (κ1) is 19.6. The molecule has 2 aromatic heterocycles. The van der Waals surface area contributed by atoms with E-state index >= 15 is 0 Å². The second-order valence-electron chi connectivity index (χ2n) is 6.18. The summed E-state index contributed by atoms with van der Waals surface area (Å²) in [6, 6.07) is -0.0936. The Balaban J connectivity index is 1.71. The van der Waals surface area contributed by atoms with Crippen molar-refractivity contribution in [3.63, 3.8) is 0 Å².